The molecule has 1 saturated heterocycles. The zero-order chi connectivity index (χ0) is 12.5. The van der Waals surface area contributed by atoms with E-state index in [9.17, 15) is 8.42 Å². The molecule has 0 N–H and O–H groups in total. The van der Waals surface area contributed by atoms with Crippen LogP contribution in [0.5, 0.6) is 0 Å². The number of hydrogen-bond acceptors (Lipinski definition) is 3. The van der Waals surface area contributed by atoms with E-state index in [2.05, 4.69) is 20.9 Å². The molecule has 2 heterocycles. The van der Waals surface area contributed by atoms with Crippen LogP contribution in [0.25, 0.3) is 0 Å². The minimum Gasteiger partial charge on any atom is -0.336 e. The fourth-order valence-electron chi connectivity index (χ4n) is 1.92. The van der Waals surface area contributed by atoms with Gasteiger partial charge in [0.2, 0.25) is 0 Å². The Morgan fingerprint density at radius 2 is 2.35 bits per heavy atom. The molecule has 1 aliphatic rings. The lowest BCUT2D eigenvalue weighted by Gasteiger charge is -2.14. The number of alkyl halides is 1. The fourth-order valence-corrected chi connectivity index (χ4v) is 3.91. The van der Waals surface area contributed by atoms with Crippen LogP contribution in [0, 0.1) is 5.92 Å². The molecule has 5 nitrogen and oxygen atoms in total. The first kappa shape index (κ1) is 13.0. The predicted octanol–water partition coefficient (Wildman–Crippen LogP) is 1.31. The number of hydrogen-bond donors (Lipinski definition) is 0. The Morgan fingerprint density at radius 3 is 2.88 bits per heavy atom. The van der Waals surface area contributed by atoms with Gasteiger partial charge >= 0.3 is 0 Å². The maximum absolute atomic E-state index is 12.3. The van der Waals surface area contributed by atoms with E-state index < -0.39 is 10.0 Å². The topological polar surface area (TPSA) is 55.2 Å². The van der Waals surface area contributed by atoms with Crippen molar-refractivity contribution in [2.75, 3.05) is 18.4 Å². The maximum atomic E-state index is 12.3. The van der Waals surface area contributed by atoms with Gasteiger partial charge in [0.25, 0.3) is 10.0 Å². The highest BCUT2D eigenvalue weighted by molar-refractivity contribution is 9.09. The quantitative estimate of drug-likeness (QED) is 0.786. The summed E-state index contributed by atoms with van der Waals surface area (Å²) in [4.78, 5) is 3.98. The molecule has 1 aliphatic heterocycles. The van der Waals surface area contributed by atoms with Crippen molar-refractivity contribution >= 4 is 26.0 Å². The summed E-state index contributed by atoms with van der Waals surface area (Å²) in [5, 5.41) is 1.01. The second-order valence-corrected chi connectivity index (χ2v) is 6.75. The van der Waals surface area contributed by atoms with E-state index in [1.54, 1.807) is 17.1 Å². The predicted molar refractivity (Wildman–Crippen MR) is 68.6 cm³/mol. The lowest BCUT2D eigenvalue weighted by Crippen LogP contribution is -2.29. The van der Waals surface area contributed by atoms with Crippen LogP contribution in [0.15, 0.2) is 17.6 Å². The highest BCUT2D eigenvalue weighted by atomic mass is 79.9. The molecule has 7 heteroatoms. The van der Waals surface area contributed by atoms with Crippen LogP contribution in [-0.2, 0) is 16.6 Å². The number of aryl methyl sites for hydroxylation is 1. The summed E-state index contributed by atoms with van der Waals surface area (Å²) in [6, 6.07) is 0. The SMILES string of the molecule is CCn1cnc(S(=O)(=O)N2CCC(CBr)C2)c1. The molecule has 1 aromatic rings. The Labute approximate surface area is 110 Å². The highest BCUT2D eigenvalue weighted by Crippen LogP contribution is 2.24. The van der Waals surface area contributed by atoms with Crippen LogP contribution in [0.2, 0.25) is 0 Å². The summed E-state index contributed by atoms with van der Waals surface area (Å²) >= 11 is 3.40. The molecule has 1 unspecified atom stereocenters. The third-order valence-electron chi connectivity index (χ3n) is 3.05. The molecule has 0 radical (unpaired) electrons. The molecule has 2 rings (SSSR count). The van der Waals surface area contributed by atoms with Crippen molar-refractivity contribution in [3.05, 3.63) is 12.5 Å². The molecule has 0 spiro atoms. The van der Waals surface area contributed by atoms with Gasteiger partial charge in [-0.3, -0.25) is 0 Å². The summed E-state index contributed by atoms with van der Waals surface area (Å²) in [6.07, 6.45) is 4.07. The number of sulfonamides is 1. The molecule has 0 saturated carbocycles. The number of halogens is 1. The zero-order valence-electron chi connectivity index (χ0n) is 9.71. The number of rotatable bonds is 4. The number of imidazole rings is 1. The van der Waals surface area contributed by atoms with Crippen molar-refractivity contribution in [3.8, 4) is 0 Å². The minimum absolute atomic E-state index is 0.162. The maximum Gasteiger partial charge on any atom is 0.262 e. The molecule has 1 fully saturated rings. The van der Waals surface area contributed by atoms with Gasteiger partial charge in [-0.05, 0) is 19.3 Å². The second kappa shape index (κ2) is 5.07. The first-order valence-electron chi connectivity index (χ1n) is 5.65. The minimum atomic E-state index is -3.39. The van der Waals surface area contributed by atoms with Crippen LogP contribution in [0.1, 0.15) is 13.3 Å². The molecule has 0 aliphatic carbocycles. The van der Waals surface area contributed by atoms with Crippen molar-refractivity contribution < 1.29 is 8.42 Å². The normalized spacial score (nSPS) is 22.1. The van der Waals surface area contributed by atoms with Crippen LogP contribution < -0.4 is 0 Å². The number of aromatic nitrogens is 2. The Bertz CT molecular complexity index is 485. The molecular formula is C10H16BrN3O2S. The monoisotopic (exact) mass is 321 g/mol. The Balaban J connectivity index is 2.19. The van der Waals surface area contributed by atoms with Crippen molar-refractivity contribution in [2.24, 2.45) is 5.92 Å². The van der Waals surface area contributed by atoms with Gasteiger partial charge in [-0.15, -0.1) is 0 Å². The average Bonchev–Trinajstić information content (AvgIpc) is 2.98. The number of nitrogens with zero attached hydrogens (tertiary/aromatic N) is 3. The molecule has 1 aromatic heterocycles. The van der Waals surface area contributed by atoms with Gasteiger partial charge in [-0.1, -0.05) is 15.9 Å². The van der Waals surface area contributed by atoms with Gasteiger partial charge < -0.3 is 4.57 Å². The van der Waals surface area contributed by atoms with Crippen molar-refractivity contribution in [1.29, 1.82) is 0 Å². The van der Waals surface area contributed by atoms with Crippen LogP contribution in [0.4, 0.5) is 0 Å². The summed E-state index contributed by atoms with van der Waals surface area (Å²) in [5.41, 5.74) is 0. The van der Waals surface area contributed by atoms with E-state index in [1.807, 2.05) is 6.92 Å². The van der Waals surface area contributed by atoms with Gasteiger partial charge in [0, 0.05) is 31.2 Å². The summed E-state index contributed by atoms with van der Waals surface area (Å²) in [6.45, 7) is 3.87. The Hall–Kier alpha value is -0.400. The molecule has 96 valence electrons. The standard InChI is InChI=1S/C10H16BrN3O2S/c1-2-13-7-10(12-8-13)17(15,16)14-4-3-9(5-11)6-14/h7-9H,2-6H2,1H3. The molecule has 0 bridgehead atoms. The van der Waals surface area contributed by atoms with Crippen molar-refractivity contribution in [2.45, 2.75) is 24.9 Å². The van der Waals surface area contributed by atoms with Crippen molar-refractivity contribution in [3.63, 3.8) is 0 Å². The van der Waals surface area contributed by atoms with E-state index in [-0.39, 0.29) is 5.03 Å². The Morgan fingerprint density at radius 1 is 1.59 bits per heavy atom. The van der Waals surface area contributed by atoms with Gasteiger partial charge in [0.1, 0.15) is 0 Å². The molecule has 1 atom stereocenters. The fraction of sp³-hybridized carbons (Fsp3) is 0.700. The molecule has 17 heavy (non-hydrogen) atoms. The van der Waals surface area contributed by atoms with Gasteiger partial charge in [-0.2, -0.15) is 4.31 Å². The van der Waals surface area contributed by atoms with Gasteiger partial charge in [0.15, 0.2) is 5.03 Å². The molecule has 0 aromatic carbocycles. The van der Waals surface area contributed by atoms with E-state index in [1.165, 1.54) is 4.31 Å². The third-order valence-corrected chi connectivity index (χ3v) is 5.71. The summed E-state index contributed by atoms with van der Waals surface area (Å²) in [7, 11) is -3.39. The molecule has 0 amide bonds. The lowest BCUT2D eigenvalue weighted by atomic mass is 10.2. The smallest absolute Gasteiger partial charge is 0.262 e. The van der Waals surface area contributed by atoms with E-state index in [0.717, 1.165) is 18.3 Å². The van der Waals surface area contributed by atoms with E-state index >= 15 is 0 Å². The molecular weight excluding hydrogens is 306 g/mol. The van der Waals surface area contributed by atoms with E-state index in [4.69, 9.17) is 0 Å². The van der Waals surface area contributed by atoms with Crippen LogP contribution >= 0.6 is 15.9 Å². The highest BCUT2D eigenvalue weighted by Gasteiger charge is 2.33. The second-order valence-electron chi connectivity index (χ2n) is 4.21. The lowest BCUT2D eigenvalue weighted by molar-refractivity contribution is 0.463. The van der Waals surface area contributed by atoms with Crippen molar-refractivity contribution in [1.82, 2.24) is 13.9 Å². The van der Waals surface area contributed by atoms with Crippen LogP contribution in [-0.4, -0.2) is 40.7 Å². The first-order valence-corrected chi connectivity index (χ1v) is 8.22. The van der Waals surface area contributed by atoms with E-state index in [0.29, 0.717) is 19.0 Å². The first-order chi connectivity index (χ1) is 8.07. The van der Waals surface area contributed by atoms with Crippen LogP contribution in [0.3, 0.4) is 0 Å². The van der Waals surface area contributed by atoms with Gasteiger partial charge in [0.05, 0.1) is 6.33 Å². The third kappa shape index (κ3) is 2.56. The van der Waals surface area contributed by atoms with Gasteiger partial charge in [-0.25, -0.2) is 13.4 Å². The summed E-state index contributed by atoms with van der Waals surface area (Å²) < 4.78 is 27.8. The average molecular weight is 322 g/mol. The Kier molecular flexibility index (Phi) is 3.89. The summed E-state index contributed by atoms with van der Waals surface area (Å²) in [5.74, 6) is 0.415. The zero-order valence-corrected chi connectivity index (χ0v) is 12.1. The largest absolute Gasteiger partial charge is 0.336 e.